The molecule has 5 heteroatoms. The highest BCUT2D eigenvalue weighted by atomic mass is 32.2. The highest BCUT2D eigenvalue weighted by molar-refractivity contribution is 7.90. The lowest BCUT2D eigenvalue weighted by molar-refractivity contribution is 0.0487. The van der Waals surface area contributed by atoms with Crippen LogP contribution in [0.1, 0.15) is 12.8 Å². The van der Waals surface area contributed by atoms with Crippen LogP contribution in [-0.2, 0) is 9.84 Å². The van der Waals surface area contributed by atoms with E-state index in [4.69, 9.17) is 5.11 Å². The molecule has 0 radical (unpaired) electrons. The van der Waals surface area contributed by atoms with Gasteiger partial charge in [-0.15, -0.1) is 0 Å². The van der Waals surface area contributed by atoms with Crippen molar-refractivity contribution in [2.45, 2.75) is 23.8 Å². The fourth-order valence-electron chi connectivity index (χ4n) is 1.95. The average molecular weight is 255 g/mol. The van der Waals surface area contributed by atoms with E-state index in [1.54, 1.807) is 24.3 Å². The first-order chi connectivity index (χ1) is 7.95. The van der Waals surface area contributed by atoms with Crippen molar-refractivity contribution in [3.05, 3.63) is 24.3 Å². The first kappa shape index (κ1) is 12.4. The second-order valence-corrected chi connectivity index (χ2v) is 6.68. The van der Waals surface area contributed by atoms with E-state index in [1.807, 2.05) is 0 Å². The Kier molecular flexibility index (Phi) is 3.40. The maximum atomic E-state index is 11.3. The fourth-order valence-corrected chi connectivity index (χ4v) is 2.58. The van der Waals surface area contributed by atoms with E-state index in [9.17, 15) is 8.42 Å². The zero-order valence-corrected chi connectivity index (χ0v) is 10.6. The molecule has 0 atom stereocenters. The van der Waals surface area contributed by atoms with Crippen LogP contribution in [0, 0.1) is 5.92 Å². The Morgan fingerprint density at radius 3 is 2.35 bits per heavy atom. The molecule has 1 aromatic rings. The summed E-state index contributed by atoms with van der Waals surface area (Å²) in [5, 5.41) is 12.4. The highest BCUT2D eigenvalue weighted by Crippen LogP contribution is 2.27. The summed E-state index contributed by atoms with van der Waals surface area (Å²) in [5.41, 5.74) is 0.916. The summed E-state index contributed by atoms with van der Waals surface area (Å²) in [5.74, 6) is 0.527. The second-order valence-electron chi connectivity index (χ2n) is 4.67. The molecule has 4 nitrogen and oxygen atoms in total. The van der Waals surface area contributed by atoms with Crippen molar-refractivity contribution in [1.29, 1.82) is 0 Å². The number of rotatable bonds is 4. The number of nitrogens with one attached hydrogen (secondary N) is 1. The third-order valence-corrected chi connectivity index (χ3v) is 4.22. The Morgan fingerprint density at radius 2 is 1.88 bits per heavy atom. The van der Waals surface area contributed by atoms with E-state index in [0.29, 0.717) is 10.8 Å². The number of hydrogen-bond donors (Lipinski definition) is 2. The average Bonchev–Trinajstić information content (AvgIpc) is 2.22. The van der Waals surface area contributed by atoms with Gasteiger partial charge in [0.15, 0.2) is 9.84 Å². The van der Waals surface area contributed by atoms with Crippen molar-refractivity contribution in [2.75, 3.05) is 18.1 Å². The van der Waals surface area contributed by atoms with Gasteiger partial charge >= 0.3 is 0 Å². The lowest BCUT2D eigenvalue weighted by Gasteiger charge is -2.31. The number of sulfone groups is 1. The summed E-state index contributed by atoms with van der Waals surface area (Å²) in [6.45, 7) is 0.829. The molecule has 0 aromatic heterocycles. The summed E-state index contributed by atoms with van der Waals surface area (Å²) in [7, 11) is -3.11. The van der Waals surface area contributed by atoms with E-state index in [0.717, 1.165) is 25.1 Å². The van der Waals surface area contributed by atoms with Gasteiger partial charge in [0.2, 0.25) is 0 Å². The van der Waals surface area contributed by atoms with Crippen molar-refractivity contribution in [3.8, 4) is 0 Å². The van der Waals surface area contributed by atoms with Crippen LogP contribution < -0.4 is 5.32 Å². The molecule has 94 valence electrons. The Morgan fingerprint density at radius 1 is 1.29 bits per heavy atom. The Labute approximate surface area is 102 Å². The highest BCUT2D eigenvalue weighted by Gasteiger charge is 2.26. The minimum Gasteiger partial charge on any atom is -0.393 e. The number of anilines is 1. The molecule has 0 spiro atoms. The van der Waals surface area contributed by atoms with Crippen LogP contribution in [0.15, 0.2) is 29.2 Å². The molecule has 2 rings (SSSR count). The number of hydrogen-bond acceptors (Lipinski definition) is 4. The molecular formula is C12H17NO3S. The van der Waals surface area contributed by atoms with Gasteiger partial charge in [-0.3, -0.25) is 0 Å². The van der Waals surface area contributed by atoms with E-state index in [-0.39, 0.29) is 6.10 Å². The Hall–Kier alpha value is -1.07. The summed E-state index contributed by atoms with van der Waals surface area (Å²) in [6, 6.07) is 6.75. The fraction of sp³-hybridized carbons (Fsp3) is 0.500. The van der Waals surface area contributed by atoms with Gasteiger partial charge in [0.05, 0.1) is 11.0 Å². The molecule has 1 saturated carbocycles. The molecule has 0 aliphatic heterocycles. The van der Waals surface area contributed by atoms with Crippen LogP contribution in [0.2, 0.25) is 0 Å². The van der Waals surface area contributed by atoms with Crippen molar-refractivity contribution >= 4 is 15.5 Å². The summed E-state index contributed by atoms with van der Waals surface area (Å²) in [6.07, 6.45) is 2.78. The first-order valence-electron chi connectivity index (χ1n) is 5.67. The molecule has 17 heavy (non-hydrogen) atoms. The maximum Gasteiger partial charge on any atom is 0.175 e. The van der Waals surface area contributed by atoms with E-state index in [1.165, 1.54) is 6.26 Å². The predicted molar refractivity (Wildman–Crippen MR) is 66.8 cm³/mol. The van der Waals surface area contributed by atoms with Crippen molar-refractivity contribution in [1.82, 2.24) is 0 Å². The molecule has 1 fully saturated rings. The number of aliphatic hydroxyl groups is 1. The van der Waals surface area contributed by atoms with Gasteiger partial charge < -0.3 is 10.4 Å². The first-order valence-corrected chi connectivity index (χ1v) is 7.56. The predicted octanol–water partition coefficient (Wildman–Crippen LogP) is 1.27. The van der Waals surface area contributed by atoms with Gasteiger partial charge in [-0.2, -0.15) is 0 Å². The molecule has 1 aromatic carbocycles. The SMILES string of the molecule is CS(=O)(=O)c1ccc(NCC2CC(O)C2)cc1. The monoisotopic (exact) mass is 255 g/mol. The lowest BCUT2D eigenvalue weighted by atomic mass is 9.82. The zero-order valence-electron chi connectivity index (χ0n) is 9.76. The quantitative estimate of drug-likeness (QED) is 0.850. The Balaban J connectivity index is 1.90. The minimum atomic E-state index is -3.11. The normalized spacial score (nSPS) is 24.1. The van der Waals surface area contributed by atoms with Crippen LogP contribution in [0.25, 0.3) is 0 Å². The van der Waals surface area contributed by atoms with Gasteiger partial charge in [-0.05, 0) is 43.0 Å². The van der Waals surface area contributed by atoms with Crippen LogP contribution in [0.3, 0.4) is 0 Å². The molecule has 0 amide bonds. The van der Waals surface area contributed by atoms with E-state index >= 15 is 0 Å². The summed E-state index contributed by atoms with van der Waals surface area (Å²) >= 11 is 0. The van der Waals surface area contributed by atoms with Crippen LogP contribution in [0.5, 0.6) is 0 Å². The van der Waals surface area contributed by atoms with Crippen LogP contribution in [-0.4, -0.2) is 32.4 Å². The Bertz CT molecular complexity index is 475. The number of benzene rings is 1. The van der Waals surface area contributed by atoms with Crippen LogP contribution in [0.4, 0.5) is 5.69 Å². The van der Waals surface area contributed by atoms with Gasteiger partial charge in [-0.1, -0.05) is 0 Å². The van der Waals surface area contributed by atoms with Crippen molar-refractivity contribution in [3.63, 3.8) is 0 Å². The van der Waals surface area contributed by atoms with Gasteiger partial charge in [0.25, 0.3) is 0 Å². The van der Waals surface area contributed by atoms with E-state index < -0.39 is 9.84 Å². The third kappa shape index (κ3) is 3.20. The lowest BCUT2D eigenvalue weighted by Crippen LogP contribution is -2.33. The molecule has 1 aliphatic carbocycles. The summed E-state index contributed by atoms with van der Waals surface area (Å²) in [4.78, 5) is 0.335. The molecule has 0 heterocycles. The van der Waals surface area contributed by atoms with Gasteiger partial charge in [-0.25, -0.2) is 8.42 Å². The molecule has 2 N–H and O–H groups in total. The second kappa shape index (κ2) is 4.66. The topological polar surface area (TPSA) is 66.4 Å². The third-order valence-electron chi connectivity index (χ3n) is 3.09. The van der Waals surface area contributed by atoms with Crippen LogP contribution >= 0.6 is 0 Å². The standard InChI is InChI=1S/C12H17NO3S/c1-17(15,16)12-4-2-10(3-5-12)13-8-9-6-11(14)7-9/h2-5,9,11,13-14H,6-8H2,1H3. The molecule has 1 aliphatic rings. The van der Waals surface area contributed by atoms with Gasteiger partial charge in [0.1, 0.15) is 0 Å². The van der Waals surface area contributed by atoms with Crippen molar-refractivity contribution < 1.29 is 13.5 Å². The van der Waals surface area contributed by atoms with Crippen molar-refractivity contribution in [2.24, 2.45) is 5.92 Å². The molecule has 0 unspecified atom stereocenters. The zero-order chi connectivity index (χ0) is 12.5. The largest absolute Gasteiger partial charge is 0.393 e. The molecular weight excluding hydrogens is 238 g/mol. The molecule has 0 bridgehead atoms. The maximum absolute atomic E-state index is 11.3. The molecule has 0 saturated heterocycles. The number of aliphatic hydroxyl groups excluding tert-OH is 1. The smallest absolute Gasteiger partial charge is 0.175 e. The van der Waals surface area contributed by atoms with Gasteiger partial charge in [0, 0.05) is 18.5 Å². The summed E-state index contributed by atoms with van der Waals surface area (Å²) < 4.78 is 22.5. The van der Waals surface area contributed by atoms with E-state index in [2.05, 4.69) is 5.32 Å². The minimum absolute atomic E-state index is 0.130.